The number of hydrogen-bond donors (Lipinski definition) is 1. The Kier molecular flexibility index (Phi) is 5.57. The van der Waals surface area contributed by atoms with Gasteiger partial charge in [0.15, 0.2) is 0 Å². The number of carbonyl (C=O) groups excluding carboxylic acids is 2. The van der Waals surface area contributed by atoms with Crippen molar-refractivity contribution in [3.63, 3.8) is 0 Å². The van der Waals surface area contributed by atoms with Crippen LogP contribution >= 0.6 is 22.6 Å². The number of aromatic nitrogens is 2. The van der Waals surface area contributed by atoms with Crippen LogP contribution in [0.3, 0.4) is 0 Å². The van der Waals surface area contributed by atoms with Crippen LogP contribution in [0.5, 0.6) is 0 Å². The number of halogens is 1. The van der Waals surface area contributed by atoms with E-state index in [1.807, 2.05) is 0 Å². The Morgan fingerprint density at radius 2 is 2.22 bits per heavy atom. The van der Waals surface area contributed by atoms with Gasteiger partial charge in [0.1, 0.15) is 6.04 Å². The van der Waals surface area contributed by atoms with Crippen molar-refractivity contribution in [2.75, 3.05) is 20.6 Å². The molecular formula is C11H17IN4O2. The van der Waals surface area contributed by atoms with Crippen LogP contribution in [0, 0.1) is 3.57 Å². The third-order valence-corrected chi connectivity index (χ3v) is 3.04. The molecular weight excluding hydrogens is 347 g/mol. The van der Waals surface area contributed by atoms with Gasteiger partial charge in [-0.25, -0.2) is 0 Å². The SMILES string of the molecule is CC(C(=O)NCCC(=O)N(C)C)n1cc(I)cn1. The predicted molar refractivity (Wildman–Crippen MR) is 76.0 cm³/mol. The number of nitrogens with one attached hydrogen (secondary N) is 1. The van der Waals surface area contributed by atoms with E-state index in [0.717, 1.165) is 3.57 Å². The molecule has 6 nitrogen and oxygen atoms in total. The minimum Gasteiger partial charge on any atom is -0.354 e. The van der Waals surface area contributed by atoms with Gasteiger partial charge in [0.05, 0.1) is 9.77 Å². The van der Waals surface area contributed by atoms with Gasteiger partial charge in [0, 0.05) is 33.3 Å². The van der Waals surface area contributed by atoms with Crippen molar-refractivity contribution >= 4 is 34.4 Å². The Labute approximate surface area is 120 Å². The van der Waals surface area contributed by atoms with Crippen molar-refractivity contribution < 1.29 is 9.59 Å². The summed E-state index contributed by atoms with van der Waals surface area (Å²) in [6.07, 6.45) is 3.80. The average molecular weight is 364 g/mol. The molecule has 0 spiro atoms. The zero-order chi connectivity index (χ0) is 13.7. The second kappa shape index (κ2) is 6.72. The second-order valence-electron chi connectivity index (χ2n) is 4.14. The Morgan fingerprint density at radius 3 is 2.72 bits per heavy atom. The Hall–Kier alpha value is -1.12. The number of carbonyl (C=O) groups is 2. The van der Waals surface area contributed by atoms with Crippen LogP contribution in [0.25, 0.3) is 0 Å². The first-order chi connectivity index (χ1) is 8.41. The first kappa shape index (κ1) is 14.9. The first-order valence-electron chi connectivity index (χ1n) is 5.59. The molecule has 1 unspecified atom stereocenters. The van der Waals surface area contributed by atoms with Crippen molar-refractivity contribution in [1.82, 2.24) is 20.0 Å². The molecule has 0 aromatic carbocycles. The van der Waals surface area contributed by atoms with Crippen molar-refractivity contribution in [2.24, 2.45) is 0 Å². The normalized spacial score (nSPS) is 12.0. The molecule has 0 bridgehead atoms. The van der Waals surface area contributed by atoms with E-state index in [2.05, 4.69) is 33.0 Å². The fraction of sp³-hybridized carbons (Fsp3) is 0.545. The standard InChI is InChI=1S/C11H17IN4O2/c1-8(16-7-9(12)6-14-16)11(18)13-5-4-10(17)15(2)3/h6-8H,4-5H2,1-3H3,(H,13,18). The second-order valence-corrected chi connectivity index (χ2v) is 5.39. The largest absolute Gasteiger partial charge is 0.354 e. The maximum absolute atomic E-state index is 11.8. The highest BCUT2D eigenvalue weighted by Gasteiger charge is 2.15. The van der Waals surface area contributed by atoms with E-state index < -0.39 is 0 Å². The van der Waals surface area contributed by atoms with E-state index >= 15 is 0 Å². The summed E-state index contributed by atoms with van der Waals surface area (Å²) in [6, 6.07) is -0.372. The van der Waals surface area contributed by atoms with Crippen molar-refractivity contribution in [3.05, 3.63) is 16.0 Å². The van der Waals surface area contributed by atoms with E-state index in [1.54, 1.807) is 38.1 Å². The zero-order valence-electron chi connectivity index (χ0n) is 10.7. The molecule has 7 heteroatoms. The van der Waals surface area contributed by atoms with Gasteiger partial charge in [-0.3, -0.25) is 14.3 Å². The minimum atomic E-state index is -0.372. The van der Waals surface area contributed by atoms with E-state index in [-0.39, 0.29) is 17.9 Å². The molecule has 1 atom stereocenters. The topological polar surface area (TPSA) is 67.2 Å². The van der Waals surface area contributed by atoms with Crippen molar-refractivity contribution in [2.45, 2.75) is 19.4 Å². The molecule has 18 heavy (non-hydrogen) atoms. The Balaban J connectivity index is 2.39. The monoisotopic (exact) mass is 364 g/mol. The van der Waals surface area contributed by atoms with Gasteiger partial charge in [-0.1, -0.05) is 0 Å². The molecule has 1 heterocycles. The average Bonchev–Trinajstić information content (AvgIpc) is 2.74. The van der Waals surface area contributed by atoms with Crippen molar-refractivity contribution in [3.8, 4) is 0 Å². The van der Waals surface area contributed by atoms with Crippen LogP contribution < -0.4 is 5.32 Å². The van der Waals surface area contributed by atoms with E-state index in [0.29, 0.717) is 13.0 Å². The first-order valence-corrected chi connectivity index (χ1v) is 6.67. The highest BCUT2D eigenvalue weighted by atomic mass is 127. The van der Waals surface area contributed by atoms with Crippen LogP contribution in [0.2, 0.25) is 0 Å². The molecule has 0 aliphatic heterocycles. The van der Waals surface area contributed by atoms with Gasteiger partial charge >= 0.3 is 0 Å². The quantitative estimate of drug-likeness (QED) is 0.780. The lowest BCUT2D eigenvalue weighted by Crippen LogP contribution is -2.34. The highest BCUT2D eigenvalue weighted by molar-refractivity contribution is 14.1. The highest BCUT2D eigenvalue weighted by Crippen LogP contribution is 2.08. The summed E-state index contributed by atoms with van der Waals surface area (Å²) in [5, 5.41) is 6.81. The third-order valence-electron chi connectivity index (χ3n) is 2.48. The van der Waals surface area contributed by atoms with E-state index in [1.165, 1.54) is 4.90 Å². The fourth-order valence-corrected chi connectivity index (χ4v) is 1.72. The van der Waals surface area contributed by atoms with Crippen LogP contribution in [-0.2, 0) is 9.59 Å². The smallest absolute Gasteiger partial charge is 0.244 e. The summed E-state index contributed by atoms with van der Waals surface area (Å²) in [4.78, 5) is 24.6. The number of amides is 2. The van der Waals surface area contributed by atoms with Gasteiger partial charge in [-0.15, -0.1) is 0 Å². The number of nitrogens with zero attached hydrogens (tertiary/aromatic N) is 3. The predicted octanol–water partition coefficient (Wildman–Crippen LogP) is 0.643. The summed E-state index contributed by atoms with van der Waals surface area (Å²) in [5.74, 6) is -0.141. The molecule has 1 N–H and O–H groups in total. The lowest BCUT2D eigenvalue weighted by Gasteiger charge is -2.14. The van der Waals surface area contributed by atoms with Gasteiger partial charge in [-0.05, 0) is 29.5 Å². The number of rotatable bonds is 5. The van der Waals surface area contributed by atoms with Crippen LogP contribution in [0.4, 0.5) is 0 Å². The third kappa shape index (κ3) is 4.28. The molecule has 0 saturated heterocycles. The molecule has 1 rings (SSSR count). The van der Waals surface area contributed by atoms with Crippen LogP contribution in [0.15, 0.2) is 12.4 Å². The van der Waals surface area contributed by atoms with E-state index in [4.69, 9.17) is 0 Å². The molecule has 0 fully saturated rings. The lowest BCUT2D eigenvalue weighted by atomic mass is 10.3. The summed E-state index contributed by atoms with van der Waals surface area (Å²) >= 11 is 2.14. The maximum Gasteiger partial charge on any atom is 0.244 e. The Morgan fingerprint density at radius 1 is 1.56 bits per heavy atom. The molecule has 0 radical (unpaired) electrons. The molecule has 1 aromatic rings. The summed E-state index contributed by atoms with van der Waals surface area (Å²) in [6.45, 7) is 2.12. The van der Waals surface area contributed by atoms with Crippen LogP contribution in [-0.4, -0.2) is 47.1 Å². The van der Waals surface area contributed by atoms with Gasteiger partial charge in [0.2, 0.25) is 11.8 Å². The maximum atomic E-state index is 11.8. The molecule has 2 amide bonds. The zero-order valence-corrected chi connectivity index (χ0v) is 12.8. The van der Waals surface area contributed by atoms with Crippen molar-refractivity contribution in [1.29, 1.82) is 0 Å². The van der Waals surface area contributed by atoms with Gasteiger partial charge in [-0.2, -0.15) is 5.10 Å². The van der Waals surface area contributed by atoms with E-state index in [9.17, 15) is 9.59 Å². The summed E-state index contributed by atoms with van der Waals surface area (Å²) < 4.78 is 2.58. The molecule has 1 aromatic heterocycles. The molecule has 0 saturated carbocycles. The number of hydrogen-bond acceptors (Lipinski definition) is 3. The van der Waals surface area contributed by atoms with Gasteiger partial charge in [0.25, 0.3) is 0 Å². The molecule has 100 valence electrons. The van der Waals surface area contributed by atoms with Crippen LogP contribution in [0.1, 0.15) is 19.4 Å². The fourth-order valence-electron chi connectivity index (χ4n) is 1.31. The molecule has 0 aliphatic rings. The minimum absolute atomic E-state index is 0.00316. The lowest BCUT2D eigenvalue weighted by molar-refractivity contribution is -0.129. The molecule has 0 aliphatic carbocycles. The van der Waals surface area contributed by atoms with Gasteiger partial charge < -0.3 is 10.2 Å². The Bertz CT molecular complexity index is 430. The summed E-state index contributed by atoms with van der Waals surface area (Å²) in [7, 11) is 3.39. The summed E-state index contributed by atoms with van der Waals surface area (Å²) in [5.41, 5.74) is 0.